The molecule has 1 aromatic rings. The first-order valence-corrected chi connectivity index (χ1v) is 8.87. The van der Waals surface area contributed by atoms with Gasteiger partial charge >= 0.3 is 0 Å². The third-order valence-electron chi connectivity index (χ3n) is 4.17. The topological polar surface area (TPSA) is 95.2 Å². The van der Waals surface area contributed by atoms with E-state index in [2.05, 4.69) is 10.3 Å². The molecule has 2 N–H and O–H groups in total. The van der Waals surface area contributed by atoms with Crippen molar-refractivity contribution in [3.8, 4) is 6.07 Å². The highest BCUT2D eigenvalue weighted by molar-refractivity contribution is 6.30. The highest BCUT2D eigenvalue weighted by Crippen LogP contribution is 2.36. The van der Waals surface area contributed by atoms with Gasteiger partial charge < -0.3 is 20.0 Å². The van der Waals surface area contributed by atoms with Crippen LogP contribution in [-0.2, 0) is 9.53 Å². The Balaban J connectivity index is 0.00000146. The predicted octanol–water partition coefficient (Wildman–Crippen LogP) is 3.57. The highest BCUT2D eigenvalue weighted by atomic mass is 35.5. The standard InChI is InChI=1S/C15H17ClFN3O2.C2H6.CH4O/c1-15(3-6-22-7-4-15)12(2-5-21)19-14-11(17)8-10(9-18)13(16)20-14;2*1-2/h5,8,12H,2-4,6-7H2,1H3,(H,19,20);1-2H3;2H,1H3. The van der Waals surface area contributed by atoms with Crippen LogP contribution in [0.25, 0.3) is 0 Å². The van der Waals surface area contributed by atoms with Gasteiger partial charge in [0.15, 0.2) is 11.6 Å². The smallest absolute Gasteiger partial charge is 0.166 e. The zero-order valence-corrected chi connectivity index (χ0v) is 16.4. The molecule has 1 aromatic heterocycles. The number of rotatable bonds is 5. The minimum atomic E-state index is -0.660. The lowest BCUT2D eigenvalue weighted by Crippen LogP contribution is -2.43. The molecule has 2 heterocycles. The molecule has 1 aliphatic rings. The number of aldehydes is 1. The van der Waals surface area contributed by atoms with Crippen LogP contribution in [0.1, 0.15) is 45.6 Å². The van der Waals surface area contributed by atoms with E-state index in [0.29, 0.717) is 13.2 Å². The minimum absolute atomic E-state index is 0.0195. The van der Waals surface area contributed by atoms with Gasteiger partial charge in [-0.15, -0.1) is 0 Å². The molecule has 1 atom stereocenters. The quantitative estimate of drug-likeness (QED) is 0.592. The lowest BCUT2D eigenvalue weighted by molar-refractivity contribution is -0.109. The van der Waals surface area contributed by atoms with Crippen LogP contribution in [0.15, 0.2) is 6.07 Å². The van der Waals surface area contributed by atoms with Gasteiger partial charge in [-0.1, -0.05) is 32.4 Å². The molecule has 146 valence electrons. The fourth-order valence-electron chi connectivity index (χ4n) is 2.61. The number of anilines is 1. The van der Waals surface area contributed by atoms with Crippen LogP contribution >= 0.6 is 11.6 Å². The first kappa shape index (κ1) is 24.2. The first-order chi connectivity index (χ1) is 12.5. The summed E-state index contributed by atoms with van der Waals surface area (Å²) in [5.41, 5.74) is -0.220. The van der Waals surface area contributed by atoms with E-state index >= 15 is 0 Å². The number of pyridine rings is 1. The van der Waals surface area contributed by atoms with Gasteiger partial charge in [0.1, 0.15) is 17.5 Å². The van der Waals surface area contributed by atoms with Gasteiger partial charge in [0.2, 0.25) is 0 Å². The van der Waals surface area contributed by atoms with E-state index in [0.717, 1.165) is 32.3 Å². The zero-order valence-electron chi connectivity index (χ0n) is 15.7. The maximum Gasteiger partial charge on any atom is 0.166 e. The molecule has 0 bridgehead atoms. The molecule has 0 aliphatic carbocycles. The number of ether oxygens (including phenoxy) is 1. The Morgan fingerprint density at radius 2 is 2.08 bits per heavy atom. The molecule has 8 heteroatoms. The number of nitrogens with zero attached hydrogens (tertiary/aromatic N) is 2. The summed E-state index contributed by atoms with van der Waals surface area (Å²) < 4.78 is 19.4. The van der Waals surface area contributed by atoms with Crippen LogP contribution in [0, 0.1) is 22.6 Å². The maximum atomic E-state index is 14.1. The fraction of sp³-hybridized carbons (Fsp3) is 0.611. The summed E-state index contributed by atoms with van der Waals surface area (Å²) >= 11 is 5.85. The molecule has 0 aromatic carbocycles. The summed E-state index contributed by atoms with van der Waals surface area (Å²) in [5.74, 6) is -0.698. The summed E-state index contributed by atoms with van der Waals surface area (Å²) in [6, 6.07) is 2.54. The van der Waals surface area contributed by atoms with Crippen molar-refractivity contribution >= 4 is 23.7 Å². The third-order valence-corrected chi connectivity index (χ3v) is 4.46. The summed E-state index contributed by atoms with van der Waals surface area (Å²) in [7, 11) is 1.00. The fourth-order valence-corrected chi connectivity index (χ4v) is 2.79. The monoisotopic (exact) mass is 387 g/mol. The maximum absolute atomic E-state index is 14.1. The number of aliphatic hydroxyl groups excluding tert-OH is 1. The third kappa shape index (κ3) is 6.52. The van der Waals surface area contributed by atoms with Gasteiger partial charge in [-0.2, -0.15) is 5.26 Å². The number of carbonyl (C=O) groups is 1. The van der Waals surface area contributed by atoms with Crippen molar-refractivity contribution < 1.29 is 19.0 Å². The average molecular weight is 388 g/mol. The summed E-state index contributed by atoms with van der Waals surface area (Å²) in [6.07, 6.45) is 2.57. The average Bonchev–Trinajstić information content (AvgIpc) is 2.67. The Morgan fingerprint density at radius 3 is 2.58 bits per heavy atom. The van der Waals surface area contributed by atoms with Crippen LogP contribution in [0.4, 0.5) is 10.2 Å². The van der Waals surface area contributed by atoms with E-state index in [1.807, 2.05) is 20.8 Å². The van der Waals surface area contributed by atoms with Gasteiger partial charge in [-0.3, -0.25) is 0 Å². The summed E-state index contributed by atoms with van der Waals surface area (Å²) in [6.45, 7) is 7.26. The molecular formula is C18H27ClFN3O3. The van der Waals surface area contributed by atoms with E-state index < -0.39 is 5.82 Å². The molecule has 0 radical (unpaired) electrons. The molecule has 6 nitrogen and oxygen atoms in total. The highest BCUT2D eigenvalue weighted by Gasteiger charge is 2.36. The van der Waals surface area contributed by atoms with Gasteiger partial charge in [0.05, 0.1) is 5.56 Å². The Kier molecular flexibility index (Phi) is 11.7. The number of nitriles is 1. The van der Waals surface area contributed by atoms with Crippen molar-refractivity contribution in [2.75, 3.05) is 25.6 Å². The number of carbonyl (C=O) groups excluding carboxylic acids is 1. The van der Waals surface area contributed by atoms with Crippen molar-refractivity contribution in [3.05, 3.63) is 22.6 Å². The van der Waals surface area contributed by atoms with Crippen molar-refractivity contribution in [2.45, 2.75) is 46.1 Å². The lowest BCUT2D eigenvalue weighted by atomic mass is 9.74. The normalized spacial score (nSPS) is 15.9. The van der Waals surface area contributed by atoms with Crippen molar-refractivity contribution in [1.29, 1.82) is 5.26 Å². The van der Waals surface area contributed by atoms with Gasteiger partial charge in [0, 0.05) is 32.8 Å². The van der Waals surface area contributed by atoms with E-state index in [1.165, 1.54) is 0 Å². The molecule has 0 spiro atoms. The molecule has 2 rings (SSSR count). The Hall–Kier alpha value is -1.75. The van der Waals surface area contributed by atoms with E-state index in [1.54, 1.807) is 6.07 Å². The molecular weight excluding hydrogens is 361 g/mol. The largest absolute Gasteiger partial charge is 0.400 e. The second-order valence-corrected chi connectivity index (χ2v) is 5.99. The minimum Gasteiger partial charge on any atom is -0.400 e. The number of aromatic nitrogens is 1. The van der Waals surface area contributed by atoms with Crippen molar-refractivity contribution in [2.24, 2.45) is 5.41 Å². The molecule has 26 heavy (non-hydrogen) atoms. The Bertz CT molecular complexity index is 602. The lowest BCUT2D eigenvalue weighted by Gasteiger charge is -2.40. The van der Waals surface area contributed by atoms with Gasteiger partial charge in [-0.05, 0) is 24.3 Å². The predicted molar refractivity (Wildman–Crippen MR) is 99.7 cm³/mol. The second kappa shape index (κ2) is 12.6. The SMILES string of the molecule is CC.CC1(C(CC=O)Nc2nc(Cl)c(C#N)cc2F)CCOCC1.CO. The van der Waals surface area contributed by atoms with Gasteiger partial charge in [-0.25, -0.2) is 9.37 Å². The van der Waals surface area contributed by atoms with Crippen molar-refractivity contribution in [1.82, 2.24) is 4.98 Å². The second-order valence-electron chi connectivity index (χ2n) is 5.63. The van der Waals surface area contributed by atoms with E-state index in [4.69, 9.17) is 26.7 Å². The van der Waals surface area contributed by atoms with Crippen LogP contribution in [0.2, 0.25) is 5.15 Å². The van der Waals surface area contributed by atoms with Crippen molar-refractivity contribution in [3.63, 3.8) is 0 Å². The van der Waals surface area contributed by atoms with E-state index in [-0.39, 0.29) is 34.4 Å². The van der Waals surface area contributed by atoms with Crippen LogP contribution in [-0.4, -0.2) is 42.7 Å². The van der Waals surface area contributed by atoms with E-state index in [9.17, 15) is 9.18 Å². The number of halogens is 2. The van der Waals surface area contributed by atoms with Crippen LogP contribution in [0.5, 0.6) is 0 Å². The molecule has 1 fully saturated rings. The summed E-state index contributed by atoms with van der Waals surface area (Å²) in [4.78, 5) is 14.9. The number of hydrogen-bond donors (Lipinski definition) is 2. The molecule has 1 saturated heterocycles. The number of aliphatic hydroxyl groups is 1. The van der Waals surface area contributed by atoms with Gasteiger partial charge in [0.25, 0.3) is 0 Å². The summed E-state index contributed by atoms with van der Waals surface area (Å²) in [5, 5.41) is 18.7. The molecule has 1 unspecified atom stereocenters. The molecule has 0 amide bonds. The molecule has 0 saturated carbocycles. The Morgan fingerprint density at radius 1 is 1.50 bits per heavy atom. The zero-order chi connectivity index (χ0) is 20.2. The number of nitrogens with one attached hydrogen (secondary N) is 1. The van der Waals surface area contributed by atoms with Crippen LogP contribution < -0.4 is 5.32 Å². The van der Waals surface area contributed by atoms with Crippen LogP contribution in [0.3, 0.4) is 0 Å². The molecule has 1 aliphatic heterocycles. The Labute approximate surface area is 159 Å². The first-order valence-electron chi connectivity index (χ1n) is 8.49. The number of hydrogen-bond acceptors (Lipinski definition) is 6.